The molecule has 2 aliphatic rings. The van der Waals surface area contributed by atoms with E-state index in [2.05, 4.69) is 13.8 Å². The minimum atomic E-state index is -1.01. The molecular formula is C24H23ClFNO5. The maximum absolute atomic E-state index is 13.9. The van der Waals surface area contributed by atoms with Crippen LogP contribution in [0.2, 0.25) is 5.02 Å². The number of hydrogen-bond acceptors (Lipinski definition) is 4. The fourth-order valence-electron chi connectivity index (χ4n) is 5.06. The van der Waals surface area contributed by atoms with Crippen LogP contribution in [-0.4, -0.2) is 40.1 Å². The number of aliphatic carboxylic acids is 1. The van der Waals surface area contributed by atoms with Crippen LogP contribution in [0.3, 0.4) is 0 Å². The second kappa shape index (κ2) is 7.20. The van der Waals surface area contributed by atoms with Crippen molar-refractivity contribution >= 4 is 28.5 Å². The Morgan fingerprint density at radius 3 is 2.75 bits per heavy atom. The molecule has 1 spiro atoms. The highest BCUT2D eigenvalue weighted by atomic mass is 35.5. The Bertz CT molecular complexity index is 1240. The molecule has 1 saturated carbocycles. The van der Waals surface area contributed by atoms with E-state index in [4.69, 9.17) is 26.2 Å². The maximum atomic E-state index is 13.9. The molecule has 0 radical (unpaired) electrons. The summed E-state index contributed by atoms with van der Waals surface area (Å²) in [5.41, 5.74) is 2.18. The van der Waals surface area contributed by atoms with Crippen molar-refractivity contribution in [1.29, 1.82) is 0 Å². The number of aromatic hydroxyl groups is 1. The first-order chi connectivity index (χ1) is 15.1. The van der Waals surface area contributed by atoms with Gasteiger partial charge in [0.05, 0.1) is 23.3 Å². The molecule has 6 nitrogen and oxygen atoms in total. The Morgan fingerprint density at radius 1 is 1.31 bits per heavy atom. The summed E-state index contributed by atoms with van der Waals surface area (Å²) in [4.78, 5) is 10.9. The highest BCUT2D eigenvalue weighted by Gasteiger charge is 2.56. The Hall–Kier alpha value is -2.61. The van der Waals surface area contributed by atoms with Gasteiger partial charge >= 0.3 is 5.97 Å². The number of ether oxygens (including phenoxy) is 2. The predicted octanol–water partition coefficient (Wildman–Crippen LogP) is 4.90. The lowest BCUT2D eigenvalue weighted by molar-refractivity contribution is -0.198. The van der Waals surface area contributed by atoms with Gasteiger partial charge in [-0.15, -0.1) is 0 Å². The summed E-state index contributed by atoms with van der Waals surface area (Å²) in [6.07, 6.45) is 0.729. The van der Waals surface area contributed by atoms with Gasteiger partial charge < -0.3 is 24.3 Å². The fraction of sp³-hybridized carbons (Fsp3) is 0.375. The molecule has 0 atom stereocenters. The smallest absolute Gasteiger partial charge is 0.329 e. The van der Waals surface area contributed by atoms with E-state index in [-0.39, 0.29) is 23.5 Å². The van der Waals surface area contributed by atoms with Crippen molar-refractivity contribution in [3.05, 3.63) is 58.5 Å². The number of phenols is 1. The number of phenolic OH excluding ortho intramolecular Hbond substituents is 1. The van der Waals surface area contributed by atoms with Crippen LogP contribution in [0.15, 0.2) is 36.4 Å². The third-order valence-electron chi connectivity index (χ3n) is 6.50. The lowest BCUT2D eigenvalue weighted by atomic mass is 9.67. The summed E-state index contributed by atoms with van der Waals surface area (Å²) in [5, 5.41) is 20.5. The molecule has 32 heavy (non-hydrogen) atoms. The van der Waals surface area contributed by atoms with Crippen molar-refractivity contribution in [2.75, 3.05) is 13.2 Å². The van der Waals surface area contributed by atoms with Gasteiger partial charge in [0.25, 0.3) is 0 Å². The van der Waals surface area contributed by atoms with Crippen molar-refractivity contribution in [3.63, 3.8) is 0 Å². The molecule has 1 aromatic heterocycles. The van der Waals surface area contributed by atoms with Crippen LogP contribution in [-0.2, 0) is 25.3 Å². The number of hydrogen-bond donors (Lipinski definition) is 2. The predicted molar refractivity (Wildman–Crippen MR) is 117 cm³/mol. The lowest BCUT2D eigenvalue weighted by Crippen LogP contribution is -2.54. The Balaban J connectivity index is 1.74. The van der Waals surface area contributed by atoms with Crippen molar-refractivity contribution in [2.24, 2.45) is 0 Å². The van der Waals surface area contributed by atoms with Crippen LogP contribution in [0.25, 0.3) is 16.6 Å². The molecule has 0 unspecified atom stereocenters. The van der Waals surface area contributed by atoms with E-state index >= 15 is 0 Å². The summed E-state index contributed by atoms with van der Waals surface area (Å²) >= 11 is 6.11. The Labute approximate surface area is 189 Å². The average Bonchev–Trinajstić information content (AvgIpc) is 3.06. The van der Waals surface area contributed by atoms with E-state index in [0.717, 1.165) is 16.8 Å². The standard InChI is InChI=1S/C24H23ClFNO5/c1-23(2)12-32-24(9-14(10-24)31-11-19(29)30)21-20-17(4-3-5-18(20)28)27(22(21)23)13-6-7-16(26)15(25)8-13/h3-8,14,28H,9-12H2,1-2H3,(H,29,30)/t14-,24+. The van der Waals surface area contributed by atoms with Crippen LogP contribution < -0.4 is 0 Å². The van der Waals surface area contributed by atoms with Crippen LogP contribution in [0.4, 0.5) is 4.39 Å². The topological polar surface area (TPSA) is 80.9 Å². The zero-order valence-corrected chi connectivity index (χ0v) is 18.4. The first kappa shape index (κ1) is 21.2. The number of fused-ring (bicyclic) bond motifs is 4. The summed E-state index contributed by atoms with van der Waals surface area (Å²) in [6, 6.07) is 9.90. The van der Waals surface area contributed by atoms with Gasteiger partial charge in [-0.05, 0) is 30.3 Å². The first-order valence-electron chi connectivity index (χ1n) is 10.4. The third-order valence-corrected chi connectivity index (χ3v) is 6.79. The number of rotatable bonds is 4. The average molecular weight is 460 g/mol. The molecule has 1 aliphatic heterocycles. The SMILES string of the molecule is CC1(C)CO[C@]2(C[C@@H](OCC(=O)O)C2)c2c1n(-c1ccc(F)c(Cl)c1)c1cccc(O)c12. The summed E-state index contributed by atoms with van der Waals surface area (Å²) in [7, 11) is 0. The van der Waals surface area contributed by atoms with Crippen molar-refractivity contribution in [1.82, 2.24) is 4.57 Å². The van der Waals surface area contributed by atoms with Crippen LogP contribution in [0.5, 0.6) is 5.75 Å². The van der Waals surface area contributed by atoms with E-state index in [0.29, 0.717) is 30.5 Å². The zero-order valence-electron chi connectivity index (χ0n) is 17.7. The summed E-state index contributed by atoms with van der Waals surface area (Å²) < 4.78 is 27.8. The van der Waals surface area contributed by atoms with Gasteiger partial charge in [-0.25, -0.2) is 9.18 Å². The fourth-order valence-corrected chi connectivity index (χ4v) is 5.24. The van der Waals surface area contributed by atoms with E-state index < -0.39 is 22.8 Å². The molecule has 1 aliphatic carbocycles. The highest BCUT2D eigenvalue weighted by molar-refractivity contribution is 6.30. The summed E-state index contributed by atoms with van der Waals surface area (Å²) in [6.45, 7) is 4.19. The van der Waals surface area contributed by atoms with E-state index in [1.165, 1.54) is 6.07 Å². The number of carboxylic acids is 1. The molecule has 2 aromatic carbocycles. The van der Waals surface area contributed by atoms with E-state index in [1.807, 2.05) is 10.6 Å². The largest absolute Gasteiger partial charge is 0.507 e. The van der Waals surface area contributed by atoms with Gasteiger partial charge in [-0.2, -0.15) is 0 Å². The Kier molecular flexibility index (Phi) is 4.78. The van der Waals surface area contributed by atoms with Gasteiger partial charge in [0.15, 0.2) is 0 Å². The maximum Gasteiger partial charge on any atom is 0.329 e. The molecule has 0 saturated heterocycles. The number of nitrogens with zero attached hydrogens (tertiary/aromatic N) is 1. The number of aromatic nitrogens is 1. The van der Waals surface area contributed by atoms with Crippen molar-refractivity contribution < 1.29 is 28.9 Å². The molecule has 5 rings (SSSR count). The van der Waals surface area contributed by atoms with Crippen molar-refractivity contribution in [2.45, 2.75) is 43.8 Å². The molecule has 1 fully saturated rings. The quantitative estimate of drug-likeness (QED) is 0.580. The third kappa shape index (κ3) is 3.10. The molecule has 2 N–H and O–H groups in total. The second-order valence-corrected chi connectivity index (χ2v) is 9.64. The second-order valence-electron chi connectivity index (χ2n) is 9.23. The molecular weight excluding hydrogens is 437 g/mol. The molecule has 2 heterocycles. The molecule has 3 aromatic rings. The minimum absolute atomic E-state index is 0.0172. The normalized spacial score (nSPS) is 23.8. The molecule has 8 heteroatoms. The van der Waals surface area contributed by atoms with Gasteiger partial charge in [0.1, 0.15) is 23.8 Å². The monoisotopic (exact) mass is 459 g/mol. The van der Waals surface area contributed by atoms with Crippen LogP contribution in [0.1, 0.15) is 37.9 Å². The zero-order chi connectivity index (χ0) is 22.8. The molecule has 168 valence electrons. The number of carbonyl (C=O) groups is 1. The molecule has 0 amide bonds. The first-order valence-corrected chi connectivity index (χ1v) is 10.8. The van der Waals surface area contributed by atoms with Gasteiger partial charge in [0, 0.05) is 40.6 Å². The van der Waals surface area contributed by atoms with Gasteiger partial charge in [-0.1, -0.05) is 31.5 Å². The van der Waals surface area contributed by atoms with Crippen LogP contribution in [0, 0.1) is 5.82 Å². The van der Waals surface area contributed by atoms with Gasteiger partial charge in [-0.3, -0.25) is 0 Å². The molecule has 0 bridgehead atoms. The number of benzene rings is 2. The lowest BCUT2D eigenvalue weighted by Gasteiger charge is -2.52. The van der Waals surface area contributed by atoms with Crippen molar-refractivity contribution in [3.8, 4) is 11.4 Å². The van der Waals surface area contributed by atoms with E-state index in [1.54, 1.807) is 24.3 Å². The number of halogens is 2. The highest BCUT2D eigenvalue weighted by Crippen LogP contribution is 2.57. The van der Waals surface area contributed by atoms with Crippen LogP contribution >= 0.6 is 11.6 Å². The minimum Gasteiger partial charge on any atom is -0.507 e. The summed E-state index contributed by atoms with van der Waals surface area (Å²) in [5.74, 6) is -1.39. The Morgan fingerprint density at radius 2 is 2.06 bits per heavy atom. The van der Waals surface area contributed by atoms with E-state index in [9.17, 15) is 14.3 Å². The number of carboxylic acid groups (broad SMARTS) is 1. The van der Waals surface area contributed by atoms with Gasteiger partial charge in [0.2, 0.25) is 0 Å².